The number of nitrogens with one attached hydrogen (secondary N) is 1. The molecule has 0 saturated heterocycles. The smallest absolute Gasteiger partial charge is 0.123 e. The monoisotopic (exact) mass is 329 g/mol. The zero-order chi connectivity index (χ0) is 15.4. The van der Waals surface area contributed by atoms with E-state index in [1.165, 1.54) is 10.5 Å². The molecule has 0 aliphatic heterocycles. The van der Waals surface area contributed by atoms with Crippen LogP contribution in [0.15, 0.2) is 60.0 Å². The van der Waals surface area contributed by atoms with Crippen molar-refractivity contribution < 1.29 is 4.90 Å². The predicted octanol–water partition coefficient (Wildman–Crippen LogP) is 3.68. The molecule has 0 aliphatic carbocycles. The number of thiazole rings is 1. The van der Waals surface area contributed by atoms with Gasteiger partial charge in [-0.2, -0.15) is 0 Å². The van der Waals surface area contributed by atoms with E-state index in [4.69, 9.17) is 16.6 Å². The highest BCUT2D eigenvalue weighted by molar-refractivity contribution is 7.13. The average Bonchev–Trinajstić information content (AvgIpc) is 2.97. The van der Waals surface area contributed by atoms with Gasteiger partial charge in [0.2, 0.25) is 0 Å². The number of aromatic nitrogens is 1. The Morgan fingerprint density at radius 1 is 1.00 bits per heavy atom. The molecule has 0 amide bonds. The van der Waals surface area contributed by atoms with Crippen LogP contribution in [0.25, 0.3) is 10.6 Å². The highest BCUT2D eigenvalue weighted by Crippen LogP contribution is 2.24. The van der Waals surface area contributed by atoms with Gasteiger partial charge in [-0.1, -0.05) is 54.1 Å². The Morgan fingerprint density at radius 2 is 1.73 bits per heavy atom. The average molecular weight is 330 g/mol. The third-order valence-electron chi connectivity index (χ3n) is 3.47. The second-order valence-corrected chi connectivity index (χ2v) is 6.74. The topological polar surface area (TPSA) is 17.3 Å². The molecule has 0 spiro atoms. The van der Waals surface area contributed by atoms with Gasteiger partial charge < -0.3 is 4.90 Å². The van der Waals surface area contributed by atoms with Crippen LogP contribution in [0.5, 0.6) is 0 Å². The fourth-order valence-corrected chi connectivity index (χ4v) is 3.38. The van der Waals surface area contributed by atoms with E-state index in [0.29, 0.717) is 0 Å². The molecule has 0 aliphatic rings. The number of halogens is 1. The fourth-order valence-electron chi connectivity index (χ4n) is 2.43. The number of quaternary nitrogens is 1. The summed E-state index contributed by atoms with van der Waals surface area (Å²) in [5.74, 6) is 0. The first-order chi connectivity index (χ1) is 10.7. The largest absolute Gasteiger partial charge is 0.329 e. The molecule has 0 bridgehead atoms. The summed E-state index contributed by atoms with van der Waals surface area (Å²) in [6, 6.07) is 18.4. The Labute approximate surface area is 140 Å². The van der Waals surface area contributed by atoms with Crippen LogP contribution in [-0.4, -0.2) is 12.0 Å². The number of hydrogen-bond donors (Lipinski definition) is 1. The van der Waals surface area contributed by atoms with Gasteiger partial charge in [0.15, 0.2) is 0 Å². The Bertz CT molecular complexity index is 722. The SMILES string of the molecule is C[NH+](Cc1ccccc1)Cc1csc(-c2ccc(Cl)cc2)n1. The van der Waals surface area contributed by atoms with Gasteiger partial charge in [0, 0.05) is 21.5 Å². The maximum Gasteiger partial charge on any atom is 0.123 e. The molecule has 4 heteroatoms. The lowest BCUT2D eigenvalue weighted by Gasteiger charge is -2.12. The van der Waals surface area contributed by atoms with E-state index >= 15 is 0 Å². The Morgan fingerprint density at radius 3 is 2.45 bits per heavy atom. The first-order valence-electron chi connectivity index (χ1n) is 7.26. The summed E-state index contributed by atoms with van der Waals surface area (Å²) < 4.78 is 0. The van der Waals surface area contributed by atoms with Crippen molar-refractivity contribution in [3.63, 3.8) is 0 Å². The molecule has 2 nitrogen and oxygen atoms in total. The fraction of sp³-hybridized carbons (Fsp3) is 0.167. The maximum absolute atomic E-state index is 5.93. The van der Waals surface area contributed by atoms with Gasteiger partial charge in [0.25, 0.3) is 0 Å². The third kappa shape index (κ3) is 3.95. The summed E-state index contributed by atoms with van der Waals surface area (Å²) in [7, 11) is 2.20. The normalized spacial score (nSPS) is 12.3. The molecule has 1 heterocycles. The van der Waals surface area contributed by atoms with E-state index < -0.39 is 0 Å². The van der Waals surface area contributed by atoms with Gasteiger partial charge in [-0.05, 0) is 12.1 Å². The Hall–Kier alpha value is -1.68. The first kappa shape index (κ1) is 15.2. The lowest BCUT2D eigenvalue weighted by atomic mass is 10.2. The van der Waals surface area contributed by atoms with Crippen molar-refractivity contribution in [1.82, 2.24) is 4.98 Å². The Balaban J connectivity index is 1.65. The summed E-state index contributed by atoms with van der Waals surface area (Å²) in [5, 5.41) is 3.96. The van der Waals surface area contributed by atoms with Crippen molar-refractivity contribution in [2.75, 3.05) is 7.05 Å². The van der Waals surface area contributed by atoms with Crippen LogP contribution in [0, 0.1) is 0 Å². The number of nitrogens with zero attached hydrogens (tertiary/aromatic N) is 1. The molecule has 0 radical (unpaired) electrons. The van der Waals surface area contributed by atoms with Crippen LogP contribution >= 0.6 is 22.9 Å². The second kappa shape index (κ2) is 7.05. The summed E-state index contributed by atoms with van der Waals surface area (Å²) in [6.07, 6.45) is 0. The third-order valence-corrected chi connectivity index (χ3v) is 4.67. The van der Waals surface area contributed by atoms with Gasteiger partial charge in [-0.15, -0.1) is 11.3 Å². The molecular weight excluding hydrogens is 312 g/mol. The molecule has 3 rings (SSSR count). The minimum absolute atomic E-state index is 0.757. The molecule has 1 aromatic heterocycles. The summed E-state index contributed by atoms with van der Waals surface area (Å²) >= 11 is 7.62. The van der Waals surface area contributed by atoms with Crippen LogP contribution in [0.4, 0.5) is 0 Å². The van der Waals surface area contributed by atoms with E-state index in [1.807, 2.05) is 24.3 Å². The summed E-state index contributed by atoms with van der Waals surface area (Å²) in [6.45, 7) is 1.94. The summed E-state index contributed by atoms with van der Waals surface area (Å²) in [5.41, 5.74) is 3.62. The van der Waals surface area contributed by atoms with Gasteiger partial charge in [0.1, 0.15) is 23.8 Å². The molecular formula is C18H18ClN2S+. The van der Waals surface area contributed by atoms with E-state index in [1.54, 1.807) is 11.3 Å². The lowest BCUT2D eigenvalue weighted by Crippen LogP contribution is -3.06. The predicted molar refractivity (Wildman–Crippen MR) is 93.3 cm³/mol. The van der Waals surface area contributed by atoms with Crippen LogP contribution in [0.2, 0.25) is 5.02 Å². The molecule has 2 aromatic carbocycles. The molecule has 112 valence electrons. The van der Waals surface area contributed by atoms with Gasteiger partial charge in [-0.3, -0.25) is 0 Å². The Kier molecular flexibility index (Phi) is 4.88. The highest BCUT2D eigenvalue weighted by Gasteiger charge is 2.10. The zero-order valence-electron chi connectivity index (χ0n) is 12.4. The number of hydrogen-bond acceptors (Lipinski definition) is 2. The van der Waals surface area contributed by atoms with Crippen LogP contribution in [-0.2, 0) is 13.1 Å². The van der Waals surface area contributed by atoms with Crippen molar-refractivity contribution in [2.45, 2.75) is 13.1 Å². The lowest BCUT2D eigenvalue weighted by molar-refractivity contribution is -0.908. The number of rotatable bonds is 5. The minimum Gasteiger partial charge on any atom is -0.329 e. The van der Waals surface area contributed by atoms with E-state index in [2.05, 4.69) is 42.8 Å². The highest BCUT2D eigenvalue weighted by atomic mass is 35.5. The molecule has 0 saturated carbocycles. The number of benzene rings is 2. The van der Waals surface area contributed by atoms with Crippen molar-refractivity contribution in [1.29, 1.82) is 0 Å². The van der Waals surface area contributed by atoms with Crippen LogP contribution < -0.4 is 4.90 Å². The van der Waals surface area contributed by atoms with Crippen molar-refractivity contribution in [3.8, 4) is 10.6 Å². The molecule has 1 atom stereocenters. The molecule has 3 aromatic rings. The van der Waals surface area contributed by atoms with Crippen LogP contribution in [0.1, 0.15) is 11.3 Å². The van der Waals surface area contributed by atoms with Crippen molar-refractivity contribution >= 4 is 22.9 Å². The van der Waals surface area contributed by atoms with Gasteiger partial charge >= 0.3 is 0 Å². The quantitative estimate of drug-likeness (QED) is 0.755. The van der Waals surface area contributed by atoms with Crippen molar-refractivity contribution in [2.24, 2.45) is 0 Å². The van der Waals surface area contributed by atoms with E-state index in [-0.39, 0.29) is 0 Å². The maximum atomic E-state index is 5.93. The molecule has 1 unspecified atom stereocenters. The van der Waals surface area contributed by atoms with Gasteiger partial charge in [0.05, 0.1) is 7.05 Å². The molecule has 0 fully saturated rings. The summed E-state index contributed by atoms with van der Waals surface area (Å²) in [4.78, 5) is 6.18. The van der Waals surface area contributed by atoms with E-state index in [9.17, 15) is 0 Å². The first-order valence-corrected chi connectivity index (χ1v) is 8.52. The second-order valence-electron chi connectivity index (χ2n) is 5.45. The van der Waals surface area contributed by atoms with Gasteiger partial charge in [-0.25, -0.2) is 4.98 Å². The molecule has 22 heavy (non-hydrogen) atoms. The standard InChI is InChI=1S/C18H17ClN2S/c1-21(11-14-5-3-2-4-6-14)12-17-13-22-18(20-17)15-7-9-16(19)10-8-15/h2-10,13H,11-12H2,1H3/p+1. The minimum atomic E-state index is 0.757. The van der Waals surface area contributed by atoms with E-state index in [0.717, 1.165) is 34.4 Å². The van der Waals surface area contributed by atoms with Crippen molar-refractivity contribution in [3.05, 3.63) is 76.3 Å². The van der Waals surface area contributed by atoms with Crippen LogP contribution in [0.3, 0.4) is 0 Å². The zero-order valence-corrected chi connectivity index (χ0v) is 14.0. The molecule has 1 N–H and O–H groups in total.